The number of nitrogens with two attached hydrogens (primary N) is 1. The van der Waals surface area contributed by atoms with Crippen molar-refractivity contribution in [3.63, 3.8) is 0 Å². The lowest BCUT2D eigenvalue weighted by Gasteiger charge is -2.16. The molecule has 110 valence electrons. The van der Waals surface area contributed by atoms with Crippen LogP contribution in [0, 0.1) is 5.41 Å². The molecule has 2 N–H and O–H groups in total. The molecule has 20 heavy (non-hydrogen) atoms. The molecule has 0 aliphatic heterocycles. The molecule has 1 aromatic rings. The summed E-state index contributed by atoms with van der Waals surface area (Å²) in [4.78, 5) is 12.0. The number of rotatable bonds is 6. The molecule has 0 aliphatic rings. The van der Waals surface area contributed by atoms with E-state index in [0.29, 0.717) is 30.9 Å². The van der Waals surface area contributed by atoms with Gasteiger partial charge in [-0.15, -0.1) is 0 Å². The molecule has 0 radical (unpaired) electrons. The summed E-state index contributed by atoms with van der Waals surface area (Å²) in [6.07, 6.45) is 0.527. The zero-order valence-electron chi connectivity index (χ0n) is 12.3. The van der Waals surface area contributed by atoms with Crippen LogP contribution < -0.4 is 10.5 Å². The van der Waals surface area contributed by atoms with E-state index in [1.165, 1.54) is 5.54 Å². The Hall–Kier alpha value is -1.32. The van der Waals surface area contributed by atoms with Crippen LogP contribution in [0.1, 0.15) is 37.6 Å². The molecule has 0 unspecified atom stereocenters. The molecule has 0 aliphatic carbocycles. The van der Waals surface area contributed by atoms with Crippen molar-refractivity contribution in [1.29, 1.82) is 0 Å². The number of carbonyl (C=O) groups is 1. The fraction of sp³-hybridized carbons (Fsp3) is 0.438. The maximum atomic E-state index is 12.0. The molecular weight excluding hydrogens is 274 g/mol. The third kappa shape index (κ3) is 5.76. The van der Waals surface area contributed by atoms with Crippen LogP contribution in [0.4, 0.5) is 0 Å². The fourth-order valence-electron chi connectivity index (χ4n) is 1.63. The Morgan fingerprint density at radius 1 is 1.30 bits per heavy atom. The predicted molar refractivity (Wildman–Crippen MR) is 83.3 cm³/mol. The van der Waals surface area contributed by atoms with E-state index in [4.69, 9.17) is 22.1 Å². The van der Waals surface area contributed by atoms with Gasteiger partial charge in [0.05, 0.1) is 0 Å². The highest BCUT2D eigenvalue weighted by Gasteiger charge is 2.17. The van der Waals surface area contributed by atoms with Crippen LogP contribution >= 0.6 is 11.6 Å². The first kappa shape index (κ1) is 16.7. The second-order valence-electron chi connectivity index (χ2n) is 5.95. The molecule has 1 aromatic carbocycles. The lowest BCUT2D eigenvalue weighted by atomic mass is 9.88. The van der Waals surface area contributed by atoms with Gasteiger partial charge in [0.25, 0.3) is 0 Å². The topological polar surface area (TPSA) is 52.3 Å². The number of ketones is 1. The summed E-state index contributed by atoms with van der Waals surface area (Å²) in [5, 5.41) is 0. The van der Waals surface area contributed by atoms with Gasteiger partial charge in [-0.05, 0) is 35.3 Å². The molecular formula is C16H22ClNO2. The molecule has 0 atom stereocenters. The minimum absolute atomic E-state index is 0.00652. The summed E-state index contributed by atoms with van der Waals surface area (Å²) >= 11 is 5.60. The number of halogens is 1. The quantitative estimate of drug-likeness (QED) is 0.813. The summed E-state index contributed by atoms with van der Waals surface area (Å²) in [5.74, 6) is 0.842. The lowest BCUT2D eigenvalue weighted by Crippen LogP contribution is -2.13. The highest BCUT2D eigenvalue weighted by atomic mass is 35.5. The number of hydrogen-bond donors (Lipinski definition) is 1. The third-order valence-corrected chi connectivity index (χ3v) is 3.02. The van der Waals surface area contributed by atoms with E-state index in [1.54, 1.807) is 24.3 Å². The number of benzene rings is 1. The molecule has 0 heterocycles. The Labute approximate surface area is 125 Å². The smallest absolute Gasteiger partial charge is 0.163 e. The summed E-state index contributed by atoms with van der Waals surface area (Å²) in [5.41, 5.74) is 8.44. The van der Waals surface area contributed by atoms with E-state index in [-0.39, 0.29) is 11.2 Å². The van der Waals surface area contributed by atoms with Crippen molar-refractivity contribution in [2.45, 2.75) is 27.2 Å². The minimum atomic E-state index is -0.00652. The van der Waals surface area contributed by atoms with Crippen LogP contribution in [0.5, 0.6) is 5.75 Å². The van der Waals surface area contributed by atoms with Gasteiger partial charge in [-0.3, -0.25) is 4.79 Å². The van der Waals surface area contributed by atoms with Gasteiger partial charge in [-0.1, -0.05) is 32.4 Å². The monoisotopic (exact) mass is 295 g/mol. The van der Waals surface area contributed by atoms with Crippen LogP contribution in [0.2, 0.25) is 0 Å². The van der Waals surface area contributed by atoms with E-state index in [1.807, 2.05) is 0 Å². The molecule has 0 amide bonds. The highest BCUT2D eigenvalue weighted by molar-refractivity contribution is 6.25. The molecule has 4 heteroatoms. The van der Waals surface area contributed by atoms with Gasteiger partial charge in [0.1, 0.15) is 12.4 Å². The largest absolute Gasteiger partial charge is 0.489 e. The molecule has 0 fully saturated rings. The van der Waals surface area contributed by atoms with E-state index in [9.17, 15) is 4.79 Å². The van der Waals surface area contributed by atoms with Gasteiger partial charge in [-0.25, -0.2) is 0 Å². The van der Waals surface area contributed by atoms with Crippen molar-refractivity contribution in [1.82, 2.24) is 0 Å². The van der Waals surface area contributed by atoms with E-state index < -0.39 is 0 Å². The summed E-state index contributed by atoms with van der Waals surface area (Å²) in [7, 11) is 0. The second kappa shape index (κ2) is 7.46. The Kier molecular flexibility index (Phi) is 6.24. The molecule has 0 aromatic heterocycles. The van der Waals surface area contributed by atoms with Gasteiger partial charge in [-0.2, -0.15) is 0 Å². The Morgan fingerprint density at radius 2 is 1.90 bits per heavy atom. The number of hydrogen-bond acceptors (Lipinski definition) is 3. The van der Waals surface area contributed by atoms with Crippen molar-refractivity contribution in [3.8, 4) is 5.75 Å². The van der Waals surface area contributed by atoms with Crippen LogP contribution in [0.25, 0.3) is 0 Å². The predicted octanol–water partition coefficient (Wildman–Crippen LogP) is 3.77. The van der Waals surface area contributed by atoms with Crippen molar-refractivity contribution in [2.75, 3.05) is 13.2 Å². The van der Waals surface area contributed by atoms with Crippen molar-refractivity contribution in [3.05, 3.63) is 40.9 Å². The first-order valence-electron chi connectivity index (χ1n) is 6.60. The van der Waals surface area contributed by atoms with Crippen molar-refractivity contribution < 1.29 is 9.53 Å². The number of Topliss-reactive ketones (excluding diaryl/α,β-unsaturated/α-hetero) is 1. The minimum Gasteiger partial charge on any atom is -0.489 e. The van der Waals surface area contributed by atoms with Crippen LogP contribution in [-0.2, 0) is 0 Å². The molecule has 0 saturated heterocycles. The number of ether oxygens (including phenoxy) is 1. The Morgan fingerprint density at radius 3 is 2.35 bits per heavy atom. The molecule has 3 nitrogen and oxygen atoms in total. The van der Waals surface area contributed by atoms with Gasteiger partial charge in [0.15, 0.2) is 5.78 Å². The van der Waals surface area contributed by atoms with Crippen LogP contribution in [0.3, 0.4) is 0 Å². The first-order valence-corrected chi connectivity index (χ1v) is 7.03. The lowest BCUT2D eigenvalue weighted by molar-refractivity contribution is 0.0940. The maximum Gasteiger partial charge on any atom is 0.163 e. The zero-order chi connectivity index (χ0) is 15.2. The normalized spacial score (nSPS) is 12.3. The SMILES string of the molecule is CC(C)(C)CC(=O)c1ccc(OC/C(=C\Cl)CN)cc1. The average molecular weight is 296 g/mol. The van der Waals surface area contributed by atoms with Crippen molar-refractivity contribution in [2.24, 2.45) is 11.1 Å². The van der Waals surface area contributed by atoms with Gasteiger partial charge < -0.3 is 10.5 Å². The fourth-order valence-corrected chi connectivity index (χ4v) is 1.78. The van der Waals surface area contributed by atoms with Gasteiger partial charge in [0.2, 0.25) is 0 Å². The zero-order valence-corrected chi connectivity index (χ0v) is 13.0. The summed E-state index contributed by atoms with van der Waals surface area (Å²) in [6.45, 7) is 6.88. The van der Waals surface area contributed by atoms with E-state index in [0.717, 1.165) is 5.57 Å². The average Bonchev–Trinajstić information content (AvgIpc) is 2.38. The third-order valence-electron chi connectivity index (χ3n) is 2.71. The Balaban J connectivity index is 2.63. The highest BCUT2D eigenvalue weighted by Crippen LogP contribution is 2.22. The standard InChI is InChI=1S/C16H22ClNO2/c1-16(2,3)8-15(19)13-4-6-14(7-5-13)20-11-12(9-17)10-18/h4-7,9H,8,10-11,18H2,1-3H3/b12-9-. The summed E-state index contributed by atoms with van der Waals surface area (Å²) in [6, 6.07) is 7.16. The second-order valence-corrected chi connectivity index (χ2v) is 6.16. The maximum absolute atomic E-state index is 12.0. The summed E-state index contributed by atoms with van der Waals surface area (Å²) < 4.78 is 5.54. The van der Waals surface area contributed by atoms with Gasteiger partial charge in [0, 0.05) is 24.1 Å². The first-order chi connectivity index (χ1) is 9.35. The van der Waals surface area contributed by atoms with E-state index >= 15 is 0 Å². The van der Waals surface area contributed by atoms with Gasteiger partial charge >= 0.3 is 0 Å². The van der Waals surface area contributed by atoms with Crippen molar-refractivity contribution >= 4 is 17.4 Å². The number of carbonyl (C=O) groups excluding carboxylic acids is 1. The molecule has 0 saturated carbocycles. The Bertz CT molecular complexity index is 472. The van der Waals surface area contributed by atoms with E-state index in [2.05, 4.69) is 20.8 Å². The van der Waals surface area contributed by atoms with Crippen LogP contribution in [0.15, 0.2) is 35.4 Å². The molecule has 1 rings (SSSR count). The molecule has 0 bridgehead atoms. The molecule has 0 spiro atoms. The van der Waals surface area contributed by atoms with Crippen LogP contribution in [-0.4, -0.2) is 18.9 Å².